The van der Waals surface area contributed by atoms with Gasteiger partial charge in [0.05, 0.1) is 4.34 Å². The molecule has 0 bridgehead atoms. The quantitative estimate of drug-likeness (QED) is 0.690. The Balaban J connectivity index is 2.15. The van der Waals surface area contributed by atoms with Crippen LogP contribution in [0.2, 0.25) is 8.67 Å². The van der Waals surface area contributed by atoms with Gasteiger partial charge in [-0.3, -0.25) is 4.79 Å². The van der Waals surface area contributed by atoms with Crippen LogP contribution in [0.4, 0.5) is 0 Å². The highest BCUT2D eigenvalue weighted by Gasteiger charge is 2.27. The number of hydrogen-bond donors (Lipinski definition) is 0. The Morgan fingerprint density at radius 2 is 2.19 bits per heavy atom. The van der Waals surface area contributed by atoms with Gasteiger partial charge in [0.1, 0.15) is 4.34 Å². The fourth-order valence-corrected chi connectivity index (χ4v) is 3.87. The van der Waals surface area contributed by atoms with E-state index >= 15 is 0 Å². The standard InChI is InChI=1S/C12H14Cl2OS/c1-7-3-2-4-8(5-7)11(15)9-6-10(13)16-12(9)14/h6-8H,2-5H2,1H3. The molecule has 1 saturated carbocycles. The summed E-state index contributed by atoms with van der Waals surface area (Å²) < 4.78 is 1.13. The fourth-order valence-electron chi connectivity index (χ4n) is 2.40. The molecule has 1 heterocycles. The highest BCUT2D eigenvalue weighted by molar-refractivity contribution is 7.20. The summed E-state index contributed by atoms with van der Waals surface area (Å²) in [6, 6.07) is 1.70. The van der Waals surface area contributed by atoms with Crippen LogP contribution in [0.25, 0.3) is 0 Å². The molecule has 16 heavy (non-hydrogen) atoms. The highest BCUT2D eigenvalue weighted by atomic mass is 35.5. The number of Topliss-reactive ketones (excluding diaryl/α,β-unsaturated/α-hetero) is 1. The minimum atomic E-state index is 0.145. The third-order valence-electron chi connectivity index (χ3n) is 3.23. The number of rotatable bonds is 2. The van der Waals surface area contributed by atoms with Crippen LogP contribution in [-0.4, -0.2) is 5.78 Å². The monoisotopic (exact) mass is 276 g/mol. The first-order valence-electron chi connectivity index (χ1n) is 5.57. The number of hydrogen-bond acceptors (Lipinski definition) is 2. The lowest BCUT2D eigenvalue weighted by Gasteiger charge is -2.25. The number of halogens is 2. The van der Waals surface area contributed by atoms with Gasteiger partial charge in [0.15, 0.2) is 5.78 Å². The first kappa shape index (κ1) is 12.4. The first-order chi connectivity index (χ1) is 7.58. The van der Waals surface area contributed by atoms with Crippen LogP contribution in [0.15, 0.2) is 6.07 Å². The molecule has 2 unspecified atom stereocenters. The lowest BCUT2D eigenvalue weighted by molar-refractivity contribution is 0.0869. The van der Waals surface area contributed by atoms with Gasteiger partial charge in [0, 0.05) is 11.5 Å². The van der Waals surface area contributed by atoms with Crippen molar-refractivity contribution in [2.75, 3.05) is 0 Å². The van der Waals surface area contributed by atoms with Gasteiger partial charge >= 0.3 is 0 Å². The first-order valence-corrected chi connectivity index (χ1v) is 7.14. The molecule has 1 aliphatic carbocycles. The second-order valence-corrected chi connectivity index (χ2v) is 6.86. The summed E-state index contributed by atoms with van der Waals surface area (Å²) >= 11 is 13.1. The van der Waals surface area contributed by atoms with Crippen molar-refractivity contribution in [1.29, 1.82) is 0 Å². The zero-order valence-electron chi connectivity index (χ0n) is 9.13. The molecule has 1 fully saturated rings. The molecule has 0 saturated heterocycles. The van der Waals surface area contributed by atoms with Crippen molar-refractivity contribution in [2.45, 2.75) is 32.6 Å². The molecule has 0 N–H and O–H groups in total. The maximum Gasteiger partial charge on any atom is 0.168 e. The van der Waals surface area contributed by atoms with Gasteiger partial charge < -0.3 is 0 Å². The van der Waals surface area contributed by atoms with Gasteiger partial charge in [-0.2, -0.15) is 0 Å². The third-order valence-corrected chi connectivity index (χ3v) is 4.72. The van der Waals surface area contributed by atoms with Crippen molar-refractivity contribution in [2.24, 2.45) is 11.8 Å². The Morgan fingerprint density at radius 3 is 2.75 bits per heavy atom. The lowest BCUT2D eigenvalue weighted by atomic mass is 9.79. The van der Waals surface area contributed by atoms with E-state index in [1.807, 2.05) is 0 Å². The maximum atomic E-state index is 12.2. The van der Waals surface area contributed by atoms with Crippen molar-refractivity contribution in [3.8, 4) is 0 Å². The zero-order valence-corrected chi connectivity index (χ0v) is 11.5. The number of ketones is 1. The molecule has 0 aliphatic heterocycles. The van der Waals surface area contributed by atoms with Gasteiger partial charge in [0.25, 0.3) is 0 Å². The molecule has 2 rings (SSSR count). The van der Waals surface area contributed by atoms with Crippen LogP contribution in [0.3, 0.4) is 0 Å². The largest absolute Gasteiger partial charge is 0.294 e. The van der Waals surface area contributed by atoms with E-state index in [1.165, 1.54) is 17.8 Å². The van der Waals surface area contributed by atoms with E-state index in [1.54, 1.807) is 6.07 Å². The van der Waals surface area contributed by atoms with E-state index in [4.69, 9.17) is 23.2 Å². The van der Waals surface area contributed by atoms with Gasteiger partial charge in [-0.05, 0) is 24.8 Å². The van der Waals surface area contributed by atoms with E-state index in [2.05, 4.69) is 6.92 Å². The SMILES string of the molecule is CC1CCCC(C(=O)c2cc(Cl)sc2Cl)C1. The second kappa shape index (κ2) is 5.07. The van der Waals surface area contributed by atoms with Crippen molar-refractivity contribution in [3.63, 3.8) is 0 Å². The highest BCUT2D eigenvalue weighted by Crippen LogP contribution is 2.36. The van der Waals surface area contributed by atoms with E-state index < -0.39 is 0 Å². The van der Waals surface area contributed by atoms with Crippen molar-refractivity contribution in [1.82, 2.24) is 0 Å². The predicted molar refractivity (Wildman–Crippen MR) is 69.8 cm³/mol. The molecular weight excluding hydrogens is 263 g/mol. The van der Waals surface area contributed by atoms with Gasteiger partial charge in [-0.25, -0.2) is 0 Å². The van der Waals surface area contributed by atoms with Crippen LogP contribution in [0.1, 0.15) is 43.0 Å². The van der Waals surface area contributed by atoms with Crippen LogP contribution >= 0.6 is 34.5 Å². The Morgan fingerprint density at radius 1 is 1.44 bits per heavy atom. The lowest BCUT2D eigenvalue weighted by Crippen LogP contribution is -2.21. The van der Waals surface area contributed by atoms with Crippen molar-refractivity contribution < 1.29 is 4.79 Å². The molecule has 1 aromatic heterocycles. The van der Waals surface area contributed by atoms with Crippen molar-refractivity contribution in [3.05, 3.63) is 20.3 Å². The Labute approximate surface area is 110 Å². The minimum absolute atomic E-state index is 0.145. The molecule has 4 heteroatoms. The Hall–Kier alpha value is -0.0500. The van der Waals surface area contributed by atoms with E-state index in [-0.39, 0.29) is 11.7 Å². The van der Waals surface area contributed by atoms with Gasteiger partial charge in [0.2, 0.25) is 0 Å². The summed E-state index contributed by atoms with van der Waals surface area (Å²) in [7, 11) is 0. The number of carbonyl (C=O) groups excluding carboxylic acids is 1. The second-order valence-electron chi connectivity index (χ2n) is 4.57. The fraction of sp³-hybridized carbons (Fsp3) is 0.583. The molecule has 1 nitrogen and oxygen atoms in total. The van der Waals surface area contributed by atoms with Gasteiger partial charge in [-0.1, -0.05) is 43.0 Å². The molecule has 1 aliphatic rings. The maximum absolute atomic E-state index is 12.2. The topological polar surface area (TPSA) is 17.1 Å². The number of carbonyl (C=O) groups is 1. The van der Waals surface area contributed by atoms with Crippen molar-refractivity contribution >= 4 is 40.3 Å². The summed E-state index contributed by atoms with van der Waals surface area (Å²) in [6.07, 6.45) is 4.37. The average molecular weight is 277 g/mol. The summed E-state index contributed by atoms with van der Waals surface area (Å²) in [5.74, 6) is 0.974. The molecule has 1 aromatic rings. The van der Waals surface area contributed by atoms with E-state index in [0.717, 1.165) is 19.3 Å². The number of thiophene rings is 1. The van der Waals surface area contributed by atoms with Crippen LogP contribution in [-0.2, 0) is 0 Å². The molecule has 0 spiro atoms. The summed E-state index contributed by atoms with van der Waals surface area (Å²) in [5, 5.41) is 0. The van der Waals surface area contributed by atoms with E-state index in [9.17, 15) is 4.79 Å². The van der Waals surface area contributed by atoms with Crippen LogP contribution < -0.4 is 0 Å². The molecule has 0 amide bonds. The Bertz CT molecular complexity index is 400. The molecular formula is C12H14Cl2OS. The van der Waals surface area contributed by atoms with Crippen LogP contribution in [0, 0.1) is 11.8 Å². The van der Waals surface area contributed by atoms with E-state index in [0.29, 0.717) is 20.2 Å². The smallest absolute Gasteiger partial charge is 0.168 e. The molecule has 2 atom stereocenters. The molecule has 0 aromatic carbocycles. The third kappa shape index (κ3) is 2.61. The molecule has 0 radical (unpaired) electrons. The summed E-state index contributed by atoms with van der Waals surface area (Å²) in [6.45, 7) is 2.21. The molecule has 88 valence electrons. The van der Waals surface area contributed by atoms with Gasteiger partial charge in [-0.15, -0.1) is 11.3 Å². The predicted octanol–water partition coefficient (Wildman–Crippen LogP) is 5.06. The zero-order chi connectivity index (χ0) is 11.7. The van der Waals surface area contributed by atoms with Crippen LogP contribution in [0.5, 0.6) is 0 Å². The minimum Gasteiger partial charge on any atom is -0.294 e. The summed E-state index contributed by atoms with van der Waals surface area (Å²) in [4.78, 5) is 12.2. The summed E-state index contributed by atoms with van der Waals surface area (Å²) in [5.41, 5.74) is 0.621. The average Bonchev–Trinajstić information content (AvgIpc) is 2.57. The normalized spacial score (nSPS) is 25.7. The Kier molecular flexibility index (Phi) is 3.93.